The van der Waals surface area contributed by atoms with E-state index in [1.165, 1.54) is 16.9 Å². The van der Waals surface area contributed by atoms with Gasteiger partial charge in [0.05, 0.1) is 5.52 Å². The number of aromatic nitrogens is 2. The summed E-state index contributed by atoms with van der Waals surface area (Å²) in [7, 11) is 1.81. The first kappa shape index (κ1) is 18.0. The number of fused-ring (bicyclic) bond motifs is 1. The zero-order valence-corrected chi connectivity index (χ0v) is 16.7. The van der Waals surface area contributed by atoms with Crippen molar-refractivity contribution in [2.24, 2.45) is 13.0 Å². The highest BCUT2D eigenvalue weighted by Gasteiger charge is 2.28. The summed E-state index contributed by atoms with van der Waals surface area (Å²) < 4.78 is 7.93. The Labute approximate surface area is 165 Å². The Morgan fingerprint density at radius 3 is 2.73 bits per heavy atom. The Balaban J connectivity index is 1.73. The zero-order chi connectivity index (χ0) is 18.1. The van der Waals surface area contributed by atoms with Gasteiger partial charge >= 0.3 is 0 Å². The van der Waals surface area contributed by atoms with E-state index in [0.717, 1.165) is 41.8 Å². The summed E-state index contributed by atoms with van der Waals surface area (Å²) in [6.45, 7) is 1.57. The summed E-state index contributed by atoms with van der Waals surface area (Å²) in [6.07, 6.45) is 2.02. The molecule has 3 aromatic rings. The lowest BCUT2D eigenvalue weighted by atomic mass is 9.92. The average molecular weight is 407 g/mol. The lowest BCUT2D eigenvalue weighted by Crippen LogP contribution is -2.23. The molecule has 136 valence electrons. The Hall–Kier alpha value is -1.34. The third-order valence-corrected chi connectivity index (χ3v) is 7.40. The van der Waals surface area contributed by atoms with Crippen LogP contribution in [0.3, 0.4) is 0 Å². The minimum atomic E-state index is 0.0225. The largest absolute Gasteiger partial charge is 0.381 e. The number of benzene rings is 1. The zero-order valence-electron chi connectivity index (χ0n) is 14.4. The number of rotatable bonds is 4. The summed E-state index contributed by atoms with van der Waals surface area (Å²) >= 11 is 9.19. The second kappa shape index (κ2) is 7.72. The normalized spacial score (nSPS) is 16.8. The van der Waals surface area contributed by atoms with Crippen LogP contribution in [-0.4, -0.2) is 22.8 Å². The van der Waals surface area contributed by atoms with E-state index in [9.17, 15) is 4.79 Å². The summed E-state index contributed by atoms with van der Waals surface area (Å²) in [5, 5.41) is 3.62. The predicted molar refractivity (Wildman–Crippen MR) is 108 cm³/mol. The van der Waals surface area contributed by atoms with Gasteiger partial charge in [-0.2, -0.15) is 0 Å². The van der Waals surface area contributed by atoms with Gasteiger partial charge in [-0.05, 0) is 47.9 Å². The molecular formula is C19H19ClN2O2S2. The van der Waals surface area contributed by atoms with Crippen molar-refractivity contribution < 1.29 is 4.74 Å². The Bertz CT molecular complexity index is 962. The monoisotopic (exact) mass is 406 g/mol. The molecule has 4 nitrogen and oxygen atoms in total. The van der Waals surface area contributed by atoms with Crippen LogP contribution in [0.25, 0.3) is 10.2 Å². The van der Waals surface area contributed by atoms with E-state index in [1.807, 2.05) is 23.6 Å². The van der Waals surface area contributed by atoms with Gasteiger partial charge in [-0.25, -0.2) is 4.98 Å². The maximum Gasteiger partial charge on any atom is 0.271 e. The second-order valence-corrected chi connectivity index (χ2v) is 8.89. The molecule has 2 aromatic heterocycles. The molecule has 0 spiro atoms. The minimum Gasteiger partial charge on any atom is -0.381 e. The van der Waals surface area contributed by atoms with Crippen LogP contribution < -0.4 is 5.56 Å². The van der Waals surface area contributed by atoms with Gasteiger partial charge in [0.25, 0.3) is 5.56 Å². The number of thioether (sulfide) groups is 1. The molecular weight excluding hydrogens is 388 g/mol. The van der Waals surface area contributed by atoms with Crippen LogP contribution >= 0.6 is 34.7 Å². The summed E-state index contributed by atoms with van der Waals surface area (Å²) in [5.74, 6) is 0.477. The molecule has 0 radical (unpaired) electrons. The number of ether oxygens (including phenoxy) is 1. The van der Waals surface area contributed by atoms with Gasteiger partial charge < -0.3 is 4.74 Å². The summed E-state index contributed by atoms with van der Waals surface area (Å²) in [6, 6.07) is 9.93. The first-order valence-electron chi connectivity index (χ1n) is 8.57. The van der Waals surface area contributed by atoms with Crippen molar-refractivity contribution in [3.8, 4) is 0 Å². The highest BCUT2D eigenvalue weighted by molar-refractivity contribution is 7.99. The highest BCUT2D eigenvalue weighted by atomic mass is 35.5. The van der Waals surface area contributed by atoms with Crippen molar-refractivity contribution >= 4 is 44.9 Å². The number of nitrogens with zero attached hydrogens (tertiary/aromatic N) is 2. The van der Waals surface area contributed by atoms with Crippen molar-refractivity contribution in [2.75, 3.05) is 13.2 Å². The van der Waals surface area contributed by atoms with E-state index in [-0.39, 0.29) is 10.8 Å². The fraction of sp³-hybridized carbons (Fsp3) is 0.368. The maximum absolute atomic E-state index is 12.6. The Kier molecular flexibility index (Phi) is 5.36. The van der Waals surface area contributed by atoms with Crippen molar-refractivity contribution in [1.82, 2.24) is 9.55 Å². The molecule has 0 aliphatic carbocycles. The van der Waals surface area contributed by atoms with Crippen LogP contribution in [0.15, 0.2) is 45.7 Å². The number of thiophene rings is 1. The third kappa shape index (κ3) is 3.56. The predicted octanol–water partition coefficient (Wildman–Crippen LogP) is 4.91. The number of hydrogen-bond acceptors (Lipinski definition) is 5. The van der Waals surface area contributed by atoms with Gasteiger partial charge in [-0.3, -0.25) is 9.36 Å². The van der Waals surface area contributed by atoms with Crippen LogP contribution in [-0.2, 0) is 11.8 Å². The van der Waals surface area contributed by atoms with Crippen LogP contribution in [0.2, 0.25) is 5.02 Å². The van der Waals surface area contributed by atoms with Gasteiger partial charge in [0.2, 0.25) is 0 Å². The van der Waals surface area contributed by atoms with E-state index in [2.05, 4.69) is 12.1 Å². The first-order chi connectivity index (χ1) is 12.6. The summed E-state index contributed by atoms with van der Waals surface area (Å²) in [5.41, 5.74) is 2.02. The Morgan fingerprint density at radius 2 is 2.00 bits per heavy atom. The smallest absolute Gasteiger partial charge is 0.271 e. The molecule has 1 unspecified atom stereocenters. The molecule has 0 saturated carbocycles. The maximum atomic E-state index is 12.6. The molecule has 3 heterocycles. The van der Waals surface area contributed by atoms with E-state index in [1.54, 1.807) is 23.4 Å². The van der Waals surface area contributed by atoms with Gasteiger partial charge in [-0.15, -0.1) is 11.3 Å². The van der Waals surface area contributed by atoms with Gasteiger partial charge in [0.15, 0.2) is 5.16 Å². The molecule has 1 fully saturated rings. The lowest BCUT2D eigenvalue weighted by Gasteiger charge is -2.30. The van der Waals surface area contributed by atoms with Gasteiger partial charge in [0.1, 0.15) is 4.70 Å². The number of hydrogen-bond donors (Lipinski definition) is 0. The molecule has 4 rings (SSSR count). The van der Waals surface area contributed by atoms with Crippen LogP contribution in [0.4, 0.5) is 0 Å². The standard InChI is InChI=1S/C19H19ClN2O2S2/c1-22-18(23)17-15(8-11-25-17)21-19(22)26-16(13-6-9-24-10-7-13)12-2-4-14(20)5-3-12/h2-5,8,11,13,16H,6-7,9-10H2,1H3. The van der Waals surface area contributed by atoms with Crippen LogP contribution in [0.5, 0.6) is 0 Å². The fourth-order valence-corrected chi connectivity index (χ4v) is 5.60. The van der Waals surface area contributed by atoms with Gasteiger partial charge in [0, 0.05) is 30.5 Å². The molecule has 0 bridgehead atoms. The minimum absolute atomic E-state index is 0.0225. The molecule has 1 aliphatic heterocycles. The lowest BCUT2D eigenvalue weighted by molar-refractivity contribution is 0.0656. The highest BCUT2D eigenvalue weighted by Crippen LogP contribution is 2.44. The van der Waals surface area contributed by atoms with Crippen molar-refractivity contribution in [2.45, 2.75) is 23.2 Å². The average Bonchev–Trinajstić information content (AvgIpc) is 3.14. The quantitative estimate of drug-likeness (QED) is 0.456. The molecule has 1 saturated heterocycles. The van der Waals surface area contributed by atoms with E-state index in [0.29, 0.717) is 10.6 Å². The second-order valence-electron chi connectivity index (χ2n) is 6.43. The van der Waals surface area contributed by atoms with Crippen LogP contribution in [0.1, 0.15) is 23.7 Å². The van der Waals surface area contributed by atoms with Crippen molar-refractivity contribution in [3.05, 3.63) is 56.7 Å². The van der Waals surface area contributed by atoms with E-state index in [4.69, 9.17) is 21.3 Å². The molecule has 26 heavy (non-hydrogen) atoms. The van der Waals surface area contributed by atoms with Crippen LogP contribution in [0, 0.1) is 5.92 Å². The molecule has 0 N–H and O–H groups in total. The van der Waals surface area contributed by atoms with Crippen molar-refractivity contribution in [1.29, 1.82) is 0 Å². The molecule has 0 amide bonds. The van der Waals surface area contributed by atoms with E-state index >= 15 is 0 Å². The van der Waals surface area contributed by atoms with E-state index < -0.39 is 0 Å². The molecule has 1 atom stereocenters. The van der Waals surface area contributed by atoms with Crippen molar-refractivity contribution in [3.63, 3.8) is 0 Å². The first-order valence-corrected chi connectivity index (χ1v) is 10.7. The third-order valence-electron chi connectivity index (χ3n) is 4.77. The summed E-state index contributed by atoms with van der Waals surface area (Å²) in [4.78, 5) is 17.4. The molecule has 1 aromatic carbocycles. The topological polar surface area (TPSA) is 44.1 Å². The van der Waals surface area contributed by atoms with Gasteiger partial charge in [-0.1, -0.05) is 35.5 Å². The number of halogens is 1. The SMILES string of the molecule is Cn1c(SC(c2ccc(Cl)cc2)C2CCOCC2)nc2ccsc2c1=O. The molecule has 7 heteroatoms. The Morgan fingerprint density at radius 1 is 1.27 bits per heavy atom. The fourth-order valence-electron chi connectivity index (χ4n) is 3.29. The molecule has 1 aliphatic rings.